The first-order valence-electron chi connectivity index (χ1n) is 5.18. The van der Waals surface area contributed by atoms with Gasteiger partial charge in [0.2, 0.25) is 5.91 Å². The van der Waals surface area contributed by atoms with Crippen molar-refractivity contribution in [3.05, 3.63) is 34.3 Å². The van der Waals surface area contributed by atoms with E-state index in [-0.39, 0.29) is 19.1 Å². The van der Waals surface area contributed by atoms with E-state index < -0.39 is 5.41 Å². The molecule has 88 valence electrons. The van der Waals surface area contributed by atoms with Gasteiger partial charge in [-0.15, -0.1) is 0 Å². The molecule has 1 aliphatic heterocycles. The number of benzene rings is 1. The molecule has 2 rings (SSSR count). The Morgan fingerprint density at radius 3 is 2.59 bits per heavy atom. The molecule has 1 saturated heterocycles. The average molecular weight is 295 g/mol. The maximum atomic E-state index is 11.8. The van der Waals surface area contributed by atoms with E-state index in [1.165, 1.54) is 0 Å². The van der Waals surface area contributed by atoms with Gasteiger partial charge in [0.25, 0.3) is 0 Å². The van der Waals surface area contributed by atoms with E-state index >= 15 is 0 Å². The number of ether oxygens (including phenoxy) is 1. The zero-order valence-corrected chi connectivity index (χ0v) is 10.7. The average Bonchev–Trinajstić information content (AvgIpc) is 2.27. The Bertz CT molecular complexity index is 460. The normalized spacial score (nSPS) is 16.7. The molecule has 0 spiro atoms. The van der Waals surface area contributed by atoms with E-state index in [2.05, 4.69) is 21.2 Å². The number of hydrogen-bond donors (Lipinski definition) is 1. The standard InChI is InChI=1S/C12H11BrN2O2/c13-10-3-1-9(2-4-10)5-15-11(16)12(6-14)7-17-8-12/h1-4H,5,7-8H2,(H,15,16). The molecular weight excluding hydrogens is 284 g/mol. The van der Waals surface area contributed by atoms with Crippen LogP contribution in [0.5, 0.6) is 0 Å². The quantitative estimate of drug-likeness (QED) is 0.921. The molecular formula is C12H11BrN2O2. The summed E-state index contributed by atoms with van der Waals surface area (Å²) in [7, 11) is 0. The van der Waals surface area contributed by atoms with E-state index in [0.29, 0.717) is 6.54 Å². The molecule has 0 radical (unpaired) electrons. The lowest BCUT2D eigenvalue weighted by Gasteiger charge is -2.33. The number of rotatable bonds is 3. The third-order valence-electron chi connectivity index (χ3n) is 2.71. The highest BCUT2D eigenvalue weighted by atomic mass is 79.9. The van der Waals surface area contributed by atoms with E-state index in [4.69, 9.17) is 10.00 Å². The lowest BCUT2D eigenvalue weighted by atomic mass is 9.87. The Balaban J connectivity index is 1.92. The first kappa shape index (κ1) is 12.1. The fourth-order valence-electron chi connectivity index (χ4n) is 1.51. The number of hydrogen-bond acceptors (Lipinski definition) is 3. The highest BCUT2D eigenvalue weighted by molar-refractivity contribution is 9.10. The second-order valence-electron chi connectivity index (χ2n) is 4.00. The molecule has 0 aromatic heterocycles. The summed E-state index contributed by atoms with van der Waals surface area (Å²) in [6, 6.07) is 9.67. The minimum atomic E-state index is -0.977. The summed E-state index contributed by atoms with van der Waals surface area (Å²) >= 11 is 3.34. The van der Waals surface area contributed by atoms with Gasteiger partial charge in [0.15, 0.2) is 5.41 Å². The van der Waals surface area contributed by atoms with Crippen molar-refractivity contribution in [2.24, 2.45) is 5.41 Å². The van der Waals surface area contributed by atoms with Crippen molar-refractivity contribution >= 4 is 21.8 Å². The summed E-state index contributed by atoms with van der Waals surface area (Å²) in [5.74, 6) is -0.255. The Labute approximate surface area is 108 Å². The summed E-state index contributed by atoms with van der Waals surface area (Å²) < 4.78 is 5.92. The predicted molar refractivity (Wildman–Crippen MR) is 64.9 cm³/mol. The fraction of sp³-hybridized carbons (Fsp3) is 0.333. The van der Waals surface area contributed by atoms with Crippen LogP contribution in [0.2, 0.25) is 0 Å². The van der Waals surface area contributed by atoms with Crippen molar-refractivity contribution in [1.29, 1.82) is 5.26 Å². The summed E-state index contributed by atoms with van der Waals surface area (Å²) in [5, 5.41) is 11.7. The topological polar surface area (TPSA) is 62.1 Å². The monoisotopic (exact) mass is 294 g/mol. The van der Waals surface area contributed by atoms with Crippen molar-refractivity contribution in [3.8, 4) is 6.07 Å². The molecule has 1 aliphatic rings. The number of nitrogens with zero attached hydrogens (tertiary/aromatic N) is 1. The van der Waals surface area contributed by atoms with Gasteiger partial charge in [-0.2, -0.15) is 5.26 Å². The number of carbonyl (C=O) groups excluding carboxylic acids is 1. The number of halogens is 1. The first-order valence-corrected chi connectivity index (χ1v) is 5.97. The maximum Gasteiger partial charge on any atom is 0.245 e. The smallest absolute Gasteiger partial charge is 0.245 e. The molecule has 0 unspecified atom stereocenters. The van der Waals surface area contributed by atoms with E-state index in [1.54, 1.807) is 0 Å². The molecule has 17 heavy (non-hydrogen) atoms. The molecule has 0 saturated carbocycles. The largest absolute Gasteiger partial charge is 0.377 e. The Kier molecular flexibility index (Phi) is 3.46. The van der Waals surface area contributed by atoms with Crippen LogP contribution in [0.1, 0.15) is 5.56 Å². The molecule has 1 amide bonds. The third-order valence-corrected chi connectivity index (χ3v) is 3.24. The van der Waals surface area contributed by atoms with Crippen LogP contribution in [0, 0.1) is 16.7 Å². The molecule has 1 fully saturated rings. The molecule has 0 bridgehead atoms. The second-order valence-corrected chi connectivity index (χ2v) is 4.91. The molecule has 1 heterocycles. The third kappa shape index (κ3) is 2.48. The van der Waals surface area contributed by atoms with Gasteiger partial charge in [0.05, 0.1) is 19.3 Å². The summed E-state index contributed by atoms with van der Waals surface area (Å²) in [6.45, 7) is 0.806. The Morgan fingerprint density at radius 1 is 1.47 bits per heavy atom. The summed E-state index contributed by atoms with van der Waals surface area (Å²) in [5.41, 5.74) is 0.0184. The summed E-state index contributed by atoms with van der Waals surface area (Å²) in [4.78, 5) is 11.8. The van der Waals surface area contributed by atoms with Crippen LogP contribution in [0.4, 0.5) is 0 Å². The van der Waals surface area contributed by atoms with Crippen molar-refractivity contribution in [2.75, 3.05) is 13.2 Å². The zero-order valence-electron chi connectivity index (χ0n) is 9.07. The summed E-state index contributed by atoms with van der Waals surface area (Å²) in [6.07, 6.45) is 0. The van der Waals surface area contributed by atoms with Crippen molar-refractivity contribution in [1.82, 2.24) is 5.32 Å². The highest BCUT2D eigenvalue weighted by Crippen LogP contribution is 2.26. The number of nitrogens with one attached hydrogen (secondary N) is 1. The van der Waals surface area contributed by atoms with Gasteiger partial charge in [-0.25, -0.2) is 0 Å². The van der Waals surface area contributed by atoms with Gasteiger partial charge in [0.1, 0.15) is 0 Å². The number of amides is 1. The predicted octanol–water partition coefficient (Wildman–Crippen LogP) is 1.61. The van der Waals surface area contributed by atoms with Crippen LogP contribution in [-0.2, 0) is 16.1 Å². The van der Waals surface area contributed by atoms with Crippen molar-refractivity contribution < 1.29 is 9.53 Å². The minimum Gasteiger partial charge on any atom is -0.377 e. The van der Waals surface area contributed by atoms with Crippen LogP contribution >= 0.6 is 15.9 Å². The van der Waals surface area contributed by atoms with Crippen molar-refractivity contribution in [3.63, 3.8) is 0 Å². The van der Waals surface area contributed by atoms with E-state index in [0.717, 1.165) is 10.0 Å². The van der Waals surface area contributed by atoms with Gasteiger partial charge in [0, 0.05) is 11.0 Å². The van der Waals surface area contributed by atoms with Crippen LogP contribution < -0.4 is 5.32 Å². The first-order chi connectivity index (χ1) is 8.16. The van der Waals surface area contributed by atoms with E-state index in [1.807, 2.05) is 30.3 Å². The number of nitriles is 1. The molecule has 0 aliphatic carbocycles. The van der Waals surface area contributed by atoms with Crippen LogP contribution in [0.3, 0.4) is 0 Å². The zero-order chi connectivity index (χ0) is 12.3. The van der Waals surface area contributed by atoms with Crippen molar-refractivity contribution in [2.45, 2.75) is 6.54 Å². The Hall–Kier alpha value is -1.38. The van der Waals surface area contributed by atoms with Gasteiger partial charge in [-0.05, 0) is 17.7 Å². The van der Waals surface area contributed by atoms with Gasteiger partial charge < -0.3 is 10.1 Å². The Morgan fingerprint density at radius 2 is 2.12 bits per heavy atom. The minimum absolute atomic E-state index is 0.190. The highest BCUT2D eigenvalue weighted by Gasteiger charge is 2.46. The molecule has 1 aromatic rings. The molecule has 1 aromatic carbocycles. The lowest BCUT2D eigenvalue weighted by Crippen LogP contribution is -2.52. The van der Waals surface area contributed by atoms with E-state index in [9.17, 15) is 4.79 Å². The molecule has 4 nitrogen and oxygen atoms in total. The van der Waals surface area contributed by atoms with Crippen LogP contribution in [0.15, 0.2) is 28.7 Å². The fourth-order valence-corrected chi connectivity index (χ4v) is 1.77. The van der Waals surface area contributed by atoms with Crippen LogP contribution in [0.25, 0.3) is 0 Å². The van der Waals surface area contributed by atoms with Crippen LogP contribution in [-0.4, -0.2) is 19.1 Å². The van der Waals surface area contributed by atoms with Gasteiger partial charge in [-0.1, -0.05) is 28.1 Å². The second kappa shape index (κ2) is 4.86. The van der Waals surface area contributed by atoms with Gasteiger partial charge >= 0.3 is 0 Å². The SMILES string of the molecule is N#CC1(C(=O)NCc2ccc(Br)cc2)COC1. The van der Waals surface area contributed by atoms with Gasteiger partial charge in [-0.3, -0.25) is 4.79 Å². The number of carbonyl (C=O) groups is 1. The molecule has 1 N–H and O–H groups in total. The lowest BCUT2D eigenvalue weighted by molar-refractivity contribution is -0.150. The molecule has 5 heteroatoms. The molecule has 0 atom stereocenters. The maximum absolute atomic E-state index is 11.8.